The van der Waals surface area contributed by atoms with E-state index in [4.69, 9.17) is 15.2 Å². The van der Waals surface area contributed by atoms with Gasteiger partial charge in [-0.25, -0.2) is 9.78 Å². The Bertz CT molecular complexity index is 784. The van der Waals surface area contributed by atoms with Crippen LogP contribution in [-0.2, 0) is 4.74 Å². The molecular weight excluding hydrogens is 314 g/mol. The van der Waals surface area contributed by atoms with Crippen LogP contribution in [0.4, 0.5) is 11.4 Å². The van der Waals surface area contributed by atoms with Gasteiger partial charge in [-0.05, 0) is 39.0 Å². The molecule has 0 bridgehead atoms. The van der Waals surface area contributed by atoms with Crippen LogP contribution >= 0.6 is 0 Å². The molecule has 0 aliphatic rings. The number of carbonyl (C=O) groups is 1. The van der Waals surface area contributed by atoms with E-state index in [9.17, 15) is 14.9 Å². The summed E-state index contributed by atoms with van der Waals surface area (Å²) in [5, 5.41) is 10.9. The molecule has 2 N–H and O–H groups in total. The minimum Gasteiger partial charge on any atom is -0.457 e. The predicted octanol–water partition coefficient (Wildman–Crippen LogP) is 3.32. The van der Waals surface area contributed by atoms with Gasteiger partial charge in [0.2, 0.25) is 0 Å². The summed E-state index contributed by atoms with van der Waals surface area (Å²) in [5.41, 5.74) is 4.75. The summed E-state index contributed by atoms with van der Waals surface area (Å²) >= 11 is 0. The third-order valence-corrected chi connectivity index (χ3v) is 2.77. The van der Waals surface area contributed by atoms with Gasteiger partial charge in [0, 0.05) is 12.3 Å². The summed E-state index contributed by atoms with van der Waals surface area (Å²) in [6.45, 7) is 5.25. The van der Waals surface area contributed by atoms with Gasteiger partial charge in [-0.15, -0.1) is 0 Å². The molecule has 8 heteroatoms. The molecule has 2 rings (SSSR count). The van der Waals surface area contributed by atoms with Crippen molar-refractivity contribution in [1.82, 2.24) is 4.98 Å². The fourth-order valence-corrected chi connectivity index (χ4v) is 1.80. The zero-order chi connectivity index (χ0) is 17.9. The Morgan fingerprint density at radius 1 is 1.21 bits per heavy atom. The number of ether oxygens (including phenoxy) is 2. The molecule has 2 aromatic rings. The van der Waals surface area contributed by atoms with Crippen molar-refractivity contribution in [2.45, 2.75) is 26.4 Å². The van der Waals surface area contributed by atoms with Gasteiger partial charge in [0.05, 0.1) is 11.0 Å². The third-order valence-electron chi connectivity index (χ3n) is 2.77. The first-order valence-corrected chi connectivity index (χ1v) is 7.07. The van der Waals surface area contributed by atoms with Crippen LogP contribution in [-0.4, -0.2) is 21.5 Å². The maximum absolute atomic E-state index is 12.0. The molecule has 1 aromatic carbocycles. The molecular formula is C16H17N3O5. The lowest BCUT2D eigenvalue weighted by Gasteiger charge is -2.19. The number of carbonyl (C=O) groups excluding carboxylic acids is 1. The van der Waals surface area contributed by atoms with Crippen LogP contribution in [0, 0.1) is 10.1 Å². The Balaban J connectivity index is 2.22. The number of nitrogens with zero attached hydrogens (tertiary/aromatic N) is 2. The van der Waals surface area contributed by atoms with E-state index in [-0.39, 0.29) is 22.8 Å². The van der Waals surface area contributed by atoms with Crippen molar-refractivity contribution in [2.24, 2.45) is 0 Å². The summed E-state index contributed by atoms with van der Waals surface area (Å²) < 4.78 is 10.8. The molecule has 0 aliphatic heterocycles. The fourth-order valence-electron chi connectivity index (χ4n) is 1.80. The average molecular weight is 331 g/mol. The number of pyridine rings is 1. The summed E-state index contributed by atoms with van der Waals surface area (Å²) in [5.74, 6) is -0.0709. The van der Waals surface area contributed by atoms with E-state index in [1.807, 2.05) is 0 Å². The number of rotatable bonds is 4. The molecule has 0 aliphatic carbocycles. The van der Waals surface area contributed by atoms with Gasteiger partial charge in [-0.1, -0.05) is 0 Å². The van der Waals surface area contributed by atoms with Gasteiger partial charge in [0.15, 0.2) is 5.69 Å². The van der Waals surface area contributed by atoms with E-state index < -0.39 is 16.5 Å². The van der Waals surface area contributed by atoms with Crippen LogP contribution in [0.3, 0.4) is 0 Å². The summed E-state index contributed by atoms with van der Waals surface area (Å²) in [6.07, 6.45) is 1.39. The Hall–Kier alpha value is -3.16. The summed E-state index contributed by atoms with van der Waals surface area (Å²) in [6, 6.07) is 7.01. The summed E-state index contributed by atoms with van der Waals surface area (Å²) in [4.78, 5) is 26.3. The minimum absolute atomic E-state index is 0.0384. The second-order valence-electron chi connectivity index (χ2n) is 5.96. The molecule has 0 amide bonds. The van der Waals surface area contributed by atoms with E-state index in [2.05, 4.69) is 4.98 Å². The smallest absolute Gasteiger partial charge is 0.357 e. The highest BCUT2D eigenvalue weighted by atomic mass is 16.6. The number of nitro groups is 1. The second-order valence-corrected chi connectivity index (χ2v) is 5.96. The van der Waals surface area contributed by atoms with Crippen LogP contribution in [0.25, 0.3) is 0 Å². The molecule has 0 saturated carbocycles. The van der Waals surface area contributed by atoms with E-state index in [1.165, 1.54) is 36.5 Å². The first-order valence-electron chi connectivity index (χ1n) is 7.07. The van der Waals surface area contributed by atoms with Crippen LogP contribution in [0.15, 0.2) is 36.5 Å². The van der Waals surface area contributed by atoms with Gasteiger partial charge in [-0.2, -0.15) is 0 Å². The molecule has 0 atom stereocenters. The van der Waals surface area contributed by atoms with Crippen molar-refractivity contribution in [1.29, 1.82) is 0 Å². The van der Waals surface area contributed by atoms with E-state index >= 15 is 0 Å². The van der Waals surface area contributed by atoms with E-state index in [1.54, 1.807) is 20.8 Å². The highest BCUT2D eigenvalue weighted by molar-refractivity contribution is 5.87. The van der Waals surface area contributed by atoms with Crippen molar-refractivity contribution in [3.8, 4) is 11.5 Å². The quantitative estimate of drug-likeness (QED) is 0.395. The standard InChI is InChI=1S/C16H17N3O5/c1-16(2,3)24-15(20)13-8-11(6-7-18-13)23-10-4-5-12(17)14(9-10)19(21)22/h4-9H,17H2,1-3H3. The molecule has 8 nitrogen and oxygen atoms in total. The number of nitrogens with two attached hydrogens (primary N) is 1. The Morgan fingerprint density at radius 2 is 1.88 bits per heavy atom. The van der Waals surface area contributed by atoms with Crippen LogP contribution in [0.2, 0.25) is 0 Å². The first kappa shape index (κ1) is 17.2. The molecule has 24 heavy (non-hydrogen) atoms. The summed E-state index contributed by atoms with van der Waals surface area (Å²) in [7, 11) is 0. The van der Waals surface area contributed by atoms with Gasteiger partial charge >= 0.3 is 5.97 Å². The number of aromatic nitrogens is 1. The van der Waals surface area contributed by atoms with Crippen LogP contribution in [0.5, 0.6) is 11.5 Å². The van der Waals surface area contributed by atoms with Gasteiger partial charge in [0.1, 0.15) is 22.8 Å². The molecule has 0 fully saturated rings. The van der Waals surface area contributed by atoms with Gasteiger partial charge < -0.3 is 15.2 Å². The zero-order valence-corrected chi connectivity index (χ0v) is 13.5. The van der Waals surface area contributed by atoms with E-state index in [0.29, 0.717) is 5.75 Å². The van der Waals surface area contributed by atoms with Crippen molar-refractivity contribution >= 4 is 17.3 Å². The lowest BCUT2D eigenvalue weighted by Crippen LogP contribution is -2.24. The average Bonchev–Trinajstić information content (AvgIpc) is 2.47. The Kier molecular flexibility index (Phi) is 4.68. The highest BCUT2D eigenvalue weighted by Crippen LogP contribution is 2.29. The normalized spacial score (nSPS) is 11.0. The lowest BCUT2D eigenvalue weighted by atomic mass is 10.2. The largest absolute Gasteiger partial charge is 0.457 e. The predicted molar refractivity (Wildman–Crippen MR) is 87.0 cm³/mol. The molecule has 0 saturated heterocycles. The number of hydrogen-bond acceptors (Lipinski definition) is 7. The molecule has 0 unspecified atom stereocenters. The highest BCUT2D eigenvalue weighted by Gasteiger charge is 2.19. The van der Waals surface area contributed by atoms with Gasteiger partial charge in [-0.3, -0.25) is 10.1 Å². The maximum Gasteiger partial charge on any atom is 0.357 e. The van der Waals surface area contributed by atoms with Crippen molar-refractivity contribution < 1.29 is 19.2 Å². The van der Waals surface area contributed by atoms with Crippen molar-refractivity contribution in [3.63, 3.8) is 0 Å². The third kappa shape index (κ3) is 4.42. The van der Waals surface area contributed by atoms with Crippen molar-refractivity contribution in [2.75, 3.05) is 5.73 Å². The minimum atomic E-state index is -0.646. The number of esters is 1. The number of nitrogen functional groups attached to an aromatic ring is 1. The first-order chi connectivity index (χ1) is 11.2. The molecule has 1 aromatic heterocycles. The van der Waals surface area contributed by atoms with E-state index in [0.717, 1.165) is 0 Å². The zero-order valence-electron chi connectivity index (χ0n) is 13.5. The number of hydrogen-bond donors (Lipinski definition) is 1. The van der Waals surface area contributed by atoms with Crippen LogP contribution < -0.4 is 10.5 Å². The molecule has 126 valence electrons. The SMILES string of the molecule is CC(C)(C)OC(=O)c1cc(Oc2ccc(N)c([N+](=O)[O-])c2)ccn1. The second kappa shape index (κ2) is 6.53. The number of benzene rings is 1. The monoisotopic (exact) mass is 331 g/mol. The fraction of sp³-hybridized carbons (Fsp3) is 0.250. The van der Waals surface area contributed by atoms with Crippen molar-refractivity contribution in [3.05, 3.63) is 52.3 Å². The Labute approximate surface area is 138 Å². The maximum atomic E-state index is 12.0. The number of anilines is 1. The topological polar surface area (TPSA) is 118 Å². The van der Waals surface area contributed by atoms with Crippen LogP contribution in [0.1, 0.15) is 31.3 Å². The lowest BCUT2D eigenvalue weighted by molar-refractivity contribution is -0.384. The number of nitro benzene ring substituents is 1. The Morgan fingerprint density at radius 3 is 2.50 bits per heavy atom. The molecule has 0 spiro atoms. The molecule has 1 heterocycles. The van der Waals surface area contributed by atoms with Gasteiger partial charge in [0.25, 0.3) is 5.69 Å². The molecule has 0 radical (unpaired) electrons.